The third-order valence-corrected chi connectivity index (χ3v) is 6.18. The summed E-state index contributed by atoms with van der Waals surface area (Å²) in [6.45, 7) is 6.95. The van der Waals surface area contributed by atoms with Crippen molar-refractivity contribution in [3.63, 3.8) is 0 Å². The minimum Gasteiger partial charge on any atom is -0.489 e. The van der Waals surface area contributed by atoms with Crippen LogP contribution < -0.4 is 4.74 Å². The lowest BCUT2D eigenvalue weighted by Crippen LogP contribution is -2.46. The summed E-state index contributed by atoms with van der Waals surface area (Å²) in [5.74, 6) is 1.23. The number of Topliss-reactive ketones (excluding diaryl/α,β-unsaturated/α-hetero) is 1. The number of ketones is 1. The molecular formula is C23H25N5O3. The number of aryl methyl sites for hydroxylation is 3. The number of ether oxygens (including phenoxy) is 1. The molecule has 2 aromatic heterocycles. The number of carbonyl (C=O) groups is 2. The molecule has 1 amide bonds. The van der Waals surface area contributed by atoms with Crippen LogP contribution in [0.3, 0.4) is 0 Å². The van der Waals surface area contributed by atoms with Crippen LogP contribution in [0.4, 0.5) is 0 Å². The van der Waals surface area contributed by atoms with Gasteiger partial charge in [0.25, 0.3) is 11.7 Å². The molecule has 0 saturated carbocycles. The van der Waals surface area contributed by atoms with Gasteiger partial charge in [0.15, 0.2) is 5.78 Å². The van der Waals surface area contributed by atoms with Crippen LogP contribution >= 0.6 is 0 Å². The standard InChI is InChI=1S/C23H25N5O3/c1-13-6-7-19-17(9-13)18(29)11-20(31-19)16-5-4-8-27(12-16)22(30)21-25-23-24-14(2)10-15(3)28(23)26-21/h6-7,9-10,16,20H,4-5,8,11-12H2,1-3H3/t16-,20-/m0/s1. The zero-order chi connectivity index (χ0) is 21.7. The number of hydrogen-bond acceptors (Lipinski definition) is 6. The molecule has 4 heterocycles. The van der Waals surface area contributed by atoms with Crippen molar-refractivity contribution >= 4 is 17.5 Å². The Bertz CT molecular complexity index is 1200. The molecule has 0 N–H and O–H groups in total. The van der Waals surface area contributed by atoms with Crippen molar-refractivity contribution in [3.05, 3.63) is 52.6 Å². The van der Waals surface area contributed by atoms with Crippen molar-refractivity contribution < 1.29 is 14.3 Å². The summed E-state index contributed by atoms with van der Waals surface area (Å²) in [4.78, 5) is 36.4. The molecule has 0 unspecified atom stereocenters. The Morgan fingerprint density at radius 3 is 2.84 bits per heavy atom. The highest BCUT2D eigenvalue weighted by atomic mass is 16.5. The molecule has 1 aromatic carbocycles. The number of carbonyl (C=O) groups excluding carboxylic acids is 2. The van der Waals surface area contributed by atoms with Crippen molar-refractivity contribution in [1.82, 2.24) is 24.5 Å². The van der Waals surface area contributed by atoms with Crippen LogP contribution in [-0.2, 0) is 0 Å². The van der Waals surface area contributed by atoms with Gasteiger partial charge in [-0.3, -0.25) is 9.59 Å². The van der Waals surface area contributed by atoms with Gasteiger partial charge in [-0.15, -0.1) is 5.10 Å². The number of piperidine rings is 1. The summed E-state index contributed by atoms with van der Waals surface area (Å²) in [7, 11) is 0. The van der Waals surface area contributed by atoms with Crippen LogP contribution in [0.25, 0.3) is 5.78 Å². The van der Waals surface area contributed by atoms with E-state index < -0.39 is 0 Å². The van der Waals surface area contributed by atoms with Crippen molar-refractivity contribution in [3.8, 4) is 5.75 Å². The van der Waals surface area contributed by atoms with Gasteiger partial charge in [-0.05, 0) is 51.8 Å². The highest BCUT2D eigenvalue weighted by molar-refractivity contribution is 6.00. The van der Waals surface area contributed by atoms with Crippen LogP contribution in [-0.4, -0.2) is 55.4 Å². The Kier molecular flexibility index (Phi) is 4.72. The van der Waals surface area contributed by atoms with E-state index in [2.05, 4.69) is 15.1 Å². The van der Waals surface area contributed by atoms with Gasteiger partial charge in [-0.2, -0.15) is 4.98 Å². The maximum Gasteiger partial charge on any atom is 0.293 e. The average molecular weight is 419 g/mol. The van der Waals surface area contributed by atoms with E-state index in [-0.39, 0.29) is 29.5 Å². The fourth-order valence-electron chi connectivity index (χ4n) is 4.62. The van der Waals surface area contributed by atoms with Crippen LogP contribution in [0.2, 0.25) is 0 Å². The highest BCUT2D eigenvalue weighted by Gasteiger charge is 2.36. The molecule has 160 valence electrons. The Labute approximate surface area is 180 Å². The molecule has 3 aromatic rings. The molecule has 1 fully saturated rings. The molecule has 2 aliphatic rings. The van der Waals surface area contributed by atoms with Gasteiger partial charge < -0.3 is 9.64 Å². The molecule has 0 aliphatic carbocycles. The molecule has 5 rings (SSSR count). The number of likely N-dealkylation sites (tertiary alicyclic amines) is 1. The zero-order valence-electron chi connectivity index (χ0n) is 18.0. The molecule has 2 aliphatic heterocycles. The van der Waals surface area contributed by atoms with E-state index in [1.807, 2.05) is 45.0 Å². The maximum atomic E-state index is 13.1. The molecule has 2 atom stereocenters. The summed E-state index contributed by atoms with van der Waals surface area (Å²) in [6.07, 6.45) is 1.90. The third kappa shape index (κ3) is 3.56. The molecule has 0 bridgehead atoms. The summed E-state index contributed by atoms with van der Waals surface area (Å²) >= 11 is 0. The molecule has 0 radical (unpaired) electrons. The van der Waals surface area contributed by atoms with E-state index >= 15 is 0 Å². The summed E-state index contributed by atoms with van der Waals surface area (Å²) < 4.78 is 7.80. The van der Waals surface area contributed by atoms with Gasteiger partial charge >= 0.3 is 0 Å². The Balaban J connectivity index is 1.35. The number of amides is 1. The predicted molar refractivity (Wildman–Crippen MR) is 113 cm³/mol. The third-order valence-electron chi connectivity index (χ3n) is 6.18. The van der Waals surface area contributed by atoms with Gasteiger partial charge in [-0.1, -0.05) is 11.6 Å². The second kappa shape index (κ2) is 7.44. The van der Waals surface area contributed by atoms with Gasteiger partial charge in [-0.25, -0.2) is 9.50 Å². The second-order valence-corrected chi connectivity index (χ2v) is 8.62. The molecule has 1 saturated heterocycles. The number of aromatic nitrogens is 4. The quantitative estimate of drug-likeness (QED) is 0.634. The number of rotatable bonds is 2. The van der Waals surface area contributed by atoms with Gasteiger partial charge in [0, 0.05) is 36.8 Å². The normalized spacial score (nSPS) is 21.1. The average Bonchev–Trinajstić information content (AvgIpc) is 3.18. The largest absolute Gasteiger partial charge is 0.489 e. The van der Waals surface area contributed by atoms with E-state index in [0.717, 1.165) is 29.8 Å². The SMILES string of the molecule is Cc1ccc2c(c1)C(=O)C[C@@H]([C@H]1CCCN(C(=O)c3nc4nc(C)cc(C)n4n3)C1)O2. The minimum atomic E-state index is -0.223. The van der Waals surface area contributed by atoms with Crippen LogP contribution in [0.15, 0.2) is 24.3 Å². The predicted octanol–water partition coefficient (Wildman–Crippen LogP) is 2.94. The van der Waals surface area contributed by atoms with Crippen molar-refractivity contribution in [2.24, 2.45) is 5.92 Å². The van der Waals surface area contributed by atoms with E-state index in [1.165, 1.54) is 0 Å². The lowest BCUT2D eigenvalue weighted by atomic mass is 9.86. The second-order valence-electron chi connectivity index (χ2n) is 8.62. The van der Waals surface area contributed by atoms with Crippen LogP contribution in [0.5, 0.6) is 5.75 Å². The number of benzene rings is 1. The first-order valence-corrected chi connectivity index (χ1v) is 10.7. The smallest absolute Gasteiger partial charge is 0.293 e. The van der Waals surface area contributed by atoms with Gasteiger partial charge in [0.05, 0.1) is 5.56 Å². The van der Waals surface area contributed by atoms with E-state index in [0.29, 0.717) is 36.6 Å². The van der Waals surface area contributed by atoms with Gasteiger partial charge in [0.1, 0.15) is 11.9 Å². The lowest BCUT2D eigenvalue weighted by Gasteiger charge is -2.38. The van der Waals surface area contributed by atoms with E-state index in [4.69, 9.17) is 4.74 Å². The Morgan fingerprint density at radius 2 is 2.00 bits per heavy atom. The van der Waals surface area contributed by atoms with Gasteiger partial charge in [0.2, 0.25) is 5.82 Å². The van der Waals surface area contributed by atoms with Crippen LogP contribution in [0.1, 0.15) is 57.2 Å². The topological polar surface area (TPSA) is 89.7 Å². The first-order chi connectivity index (χ1) is 14.9. The first-order valence-electron chi connectivity index (χ1n) is 10.7. The first kappa shape index (κ1) is 19.7. The highest BCUT2D eigenvalue weighted by Crippen LogP contribution is 2.34. The lowest BCUT2D eigenvalue weighted by molar-refractivity contribution is 0.0402. The fraction of sp³-hybridized carbons (Fsp3) is 0.435. The molecule has 31 heavy (non-hydrogen) atoms. The number of nitrogens with zero attached hydrogens (tertiary/aromatic N) is 5. The monoisotopic (exact) mass is 419 g/mol. The maximum absolute atomic E-state index is 13.1. The van der Waals surface area contributed by atoms with Crippen molar-refractivity contribution in [2.45, 2.75) is 46.1 Å². The molecule has 8 heteroatoms. The summed E-state index contributed by atoms with van der Waals surface area (Å²) in [5.41, 5.74) is 3.42. The Hall–Kier alpha value is -3.29. The summed E-state index contributed by atoms with van der Waals surface area (Å²) in [6, 6.07) is 7.62. The Morgan fingerprint density at radius 1 is 1.16 bits per heavy atom. The molecule has 8 nitrogen and oxygen atoms in total. The van der Waals surface area contributed by atoms with E-state index in [1.54, 1.807) is 9.42 Å². The van der Waals surface area contributed by atoms with Crippen molar-refractivity contribution in [2.75, 3.05) is 13.1 Å². The van der Waals surface area contributed by atoms with Crippen LogP contribution in [0, 0.1) is 26.7 Å². The number of hydrogen-bond donors (Lipinski definition) is 0. The van der Waals surface area contributed by atoms with Crippen molar-refractivity contribution in [1.29, 1.82) is 0 Å². The van der Waals surface area contributed by atoms with E-state index in [9.17, 15) is 9.59 Å². The zero-order valence-corrected chi connectivity index (χ0v) is 18.0. The summed E-state index contributed by atoms with van der Waals surface area (Å²) in [5, 5.41) is 4.38. The number of fused-ring (bicyclic) bond motifs is 2. The molecule has 0 spiro atoms. The fourth-order valence-corrected chi connectivity index (χ4v) is 4.62. The minimum absolute atomic E-state index is 0.0928. The molecular weight excluding hydrogens is 394 g/mol.